The number of methoxy groups -OCH3 is 2. The van der Waals surface area contributed by atoms with E-state index in [1.807, 2.05) is 0 Å². The van der Waals surface area contributed by atoms with E-state index in [0.717, 1.165) is 0 Å². The summed E-state index contributed by atoms with van der Waals surface area (Å²) < 4.78 is 28.2. The largest absolute Gasteiger partial charge is 0.496 e. The number of hydrogen-bond acceptors (Lipinski definition) is 5. The third kappa shape index (κ3) is 4.95. The highest BCUT2D eigenvalue weighted by Crippen LogP contribution is 2.21. The van der Waals surface area contributed by atoms with Gasteiger partial charge < -0.3 is 19.5 Å². The fraction of sp³-hybridized carbons (Fsp3) is 0.263. The lowest BCUT2D eigenvalue weighted by Gasteiger charge is -2.15. The Morgan fingerprint density at radius 3 is 2.42 bits per heavy atom. The number of benzene rings is 2. The number of carbonyl (C=O) groups is 2. The van der Waals surface area contributed by atoms with Crippen LogP contribution in [0.5, 0.6) is 11.5 Å². The normalized spacial score (nSPS) is 11.4. The number of carbonyl (C=O) groups excluding carboxylic acids is 2. The summed E-state index contributed by atoms with van der Waals surface area (Å²) in [5, 5.41) is 2.72. The first-order chi connectivity index (χ1) is 12.4. The maximum atomic E-state index is 12.9. The first-order valence-electron chi connectivity index (χ1n) is 7.89. The molecule has 0 aliphatic carbocycles. The molecule has 7 heteroatoms. The lowest BCUT2D eigenvalue weighted by atomic mass is 10.1. The highest BCUT2D eigenvalue weighted by Gasteiger charge is 2.16. The summed E-state index contributed by atoms with van der Waals surface area (Å²) in [4.78, 5) is 23.9. The van der Waals surface area contributed by atoms with Crippen molar-refractivity contribution in [1.82, 2.24) is 5.32 Å². The standard InChI is InChI=1S/C19H20FNO5/c1-12(26-15-7-5-14(20)6-8-15)18(22)21-11-13-4-9-17(24-2)16(10-13)19(23)25-3/h4-10,12H,11H2,1-3H3,(H,21,22). The Hall–Kier alpha value is -3.09. The number of nitrogens with one attached hydrogen (secondary N) is 1. The van der Waals surface area contributed by atoms with Crippen LogP contribution in [-0.2, 0) is 16.1 Å². The molecule has 0 bridgehead atoms. The number of amides is 1. The van der Waals surface area contributed by atoms with Crippen LogP contribution >= 0.6 is 0 Å². The average Bonchev–Trinajstić information content (AvgIpc) is 2.66. The molecule has 1 atom stereocenters. The average molecular weight is 361 g/mol. The van der Waals surface area contributed by atoms with Gasteiger partial charge in [-0.1, -0.05) is 6.07 Å². The summed E-state index contributed by atoms with van der Waals surface area (Å²) >= 11 is 0. The molecule has 0 aliphatic heterocycles. The van der Waals surface area contributed by atoms with E-state index in [2.05, 4.69) is 5.32 Å². The van der Waals surface area contributed by atoms with E-state index < -0.39 is 12.1 Å². The Morgan fingerprint density at radius 2 is 1.81 bits per heavy atom. The zero-order chi connectivity index (χ0) is 19.1. The summed E-state index contributed by atoms with van der Waals surface area (Å²) in [7, 11) is 2.74. The van der Waals surface area contributed by atoms with Crippen LogP contribution in [0.1, 0.15) is 22.8 Å². The predicted octanol–water partition coefficient (Wildman–Crippen LogP) is 2.70. The van der Waals surface area contributed by atoms with Gasteiger partial charge in [0.1, 0.15) is 22.9 Å². The van der Waals surface area contributed by atoms with Crippen LogP contribution in [0.2, 0.25) is 0 Å². The Bertz CT molecular complexity index is 776. The lowest BCUT2D eigenvalue weighted by molar-refractivity contribution is -0.127. The van der Waals surface area contributed by atoms with Crippen molar-refractivity contribution in [3.05, 3.63) is 59.4 Å². The minimum Gasteiger partial charge on any atom is -0.496 e. The third-order valence-electron chi connectivity index (χ3n) is 3.63. The van der Waals surface area contributed by atoms with E-state index in [0.29, 0.717) is 17.1 Å². The van der Waals surface area contributed by atoms with Crippen LogP contribution in [0.3, 0.4) is 0 Å². The number of esters is 1. The first-order valence-corrected chi connectivity index (χ1v) is 7.89. The Morgan fingerprint density at radius 1 is 1.12 bits per heavy atom. The maximum absolute atomic E-state index is 12.9. The third-order valence-corrected chi connectivity index (χ3v) is 3.63. The summed E-state index contributed by atoms with van der Waals surface area (Å²) in [6.07, 6.45) is -0.765. The van der Waals surface area contributed by atoms with E-state index in [4.69, 9.17) is 14.2 Å². The minimum absolute atomic E-state index is 0.198. The van der Waals surface area contributed by atoms with Gasteiger partial charge in [-0.3, -0.25) is 4.79 Å². The molecule has 1 unspecified atom stereocenters. The highest BCUT2D eigenvalue weighted by molar-refractivity contribution is 5.92. The van der Waals surface area contributed by atoms with E-state index >= 15 is 0 Å². The highest BCUT2D eigenvalue weighted by atomic mass is 19.1. The van der Waals surface area contributed by atoms with Crippen LogP contribution in [0.15, 0.2) is 42.5 Å². The molecule has 0 fully saturated rings. The predicted molar refractivity (Wildman–Crippen MR) is 92.7 cm³/mol. The fourth-order valence-electron chi connectivity index (χ4n) is 2.24. The molecule has 2 rings (SSSR count). The van der Waals surface area contributed by atoms with Gasteiger partial charge in [0.05, 0.1) is 14.2 Å². The second kappa shape index (κ2) is 8.84. The summed E-state index contributed by atoms with van der Waals surface area (Å²) in [5.41, 5.74) is 0.978. The van der Waals surface area contributed by atoms with E-state index in [1.54, 1.807) is 25.1 Å². The number of halogens is 1. The van der Waals surface area contributed by atoms with Crippen molar-refractivity contribution >= 4 is 11.9 Å². The molecule has 0 spiro atoms. The molecule has 0 saturated heterocycles. The monoisotopic (exact) mass is 361 g/mol. The van der Waals surface area contributed by atoms with Gasteiger partial charge in [0.2, 0.25) is 0 Å². The van der Waals surface area contributed by atoms with Crippen LogP contribution in [0.25, 0.3) is 0 Å². The van der Waals surface area contributed by atoms with E-state index in [-0.39, 0.29) is 23.8 Å². The maximum Gasteiger partial charge on any atom is 0.341 e. The van der Waals surface area contributed by atoms with E-state index in [9.17, 15) is 14.0 Å². The van der Waals surface area contributed by atoms with Gasteiger partial charge in [0.15, 0.2) is 6.10 Å². The Balaban J connectivity index is 1.97. The molecule has 2 aromatic carbocycles. The molecule has 6 nitrogen and oxygen atoms in total. The molecular formula is C19H20FNO5. The molecule has 138 valence electrons. The van der Waals surface area contributed by atoms with Gasteiger partial charge in [-0.25, -0.2) is 9.18 Å². The second-order valence-corrected chi connectivity index (χ2v) is 5.46. The van der Waals surface area contributed by atoms with Crippen LogP contribution in [0, 0.1) is 5.82 Å². The van der Waals surface area contributed by atoms with Crippen molar-refractivity contribution in [3.63, 3.8) is 0 Å². The number of hydrogen-bond donors (Lipinski definition) is 1. The van der Waals surface area contributed by atoms with Gasteiger partial charge in [0.25, 0.3) is 5.91 Å². The topological polar surface area (TPSA) is 73.9 Å². The van der Waals surface area contributed by atoms with Gasteiger partial charge in [-0.2, -0.15) is 0 Å². The van der Waals surface area contributed by atoms with Crippen molar-refractivity contribution < 1.29 is 28.2 Å². The molecule has 0 heterocycles. The molecule has 0 saturated carbocycles. The summed E-state index contributed by atoms with van der Waals surface area (Å²) in [6, 6.07) is 10.4. The van der Waals surface area contributed by atoms with Gasteiger partial charge in [-0.15, -0.1) is 0 Å². The van der Waals surface area contributed by atoms with Crippen molar-refractivity contribution in [3.8, 4) is 11.5 Å². The summed E-state index contributed by atoms with van der Waals surface area (Å²) in [6.45, 7) is 1.79. The van der Waals surface area contributed by atoms with Crippen LogP contribution < -0.4 is 14.8 Å². The Kier molecular flexibility index (Phi) is 6.54. The minimum atomic E-state index is -0.765. The zero-order valence-electron chi connectivity index (χ0n) is 14.7. The molecule has 1 amide bonds. The van der Waals surface area contributed by atoms with Crippen molar-refractivity contribution in [2.45, 2.75) is 19.6 Å². The number of rotatable bonds is 7. The van der Waals surface area contributed by atoms with Gasteiger partial charge >= 0.3 is 5.97 Å². The molecular weight excluding hydrogens is 341 g/mol. The van der Waals surface area contributed by atoms with Gasteiger partial charge in [0, 0.05) is 6.54 Å². The van der Waals surface area contributed by atoms with Crippen LogP contribution in [-0.4, -0.2) is 32.2 Å². The van der Waals surface area contributed by atoms with Crippen molar-refractivity contribution in [1.29, 1.82) is 0 Å². The van der Waals surface area contributed by atoms with E-state index in [1.165, 1.54) is 38.5 Å². The van der Waals surface area contributed by atoms with Crippen LogP contribution in [0.4, 0.5) is 4.39 Å². The molecule has 0 radical (unpaired) electrons. The first kappa shape index (κ1) is 19.2. The number of ether oxygens (including phenoxy) is 3. The Labute approximate surface area is 150 Å². The van der Waals surface area contributed by atoms with Gasteiger partial charge in [-0.05, 0) is 48.9 Å². The quantitative estimate of drug-likeness (QED) is 0.768. The molecule has 26 heavy (non-hydrogen) atoms. The molecule has 0 aromatic heterocycles. The molecule has 1 N–H and O–H groups in total. The second-order valence-electron chi connectivity index (χ2n) is 5.46. The zero-order valence-corrected chi connectivity index (χ0v) is 14.7. The summed E-state index contributed by atoms with van der Waals surface area (Å²) in [5.74, 6) is -0.463. The van der Waals surface area contributed by atoms with Crippen molar-refractivity contribution in [2.24, 2.45) is 0 Å². The lowest BCUT2D eigenvalue weighted by Crippen LogP contribution is -2.35. The SMILES string of the molecule is COC(=O)c1cc(CNC(=O)C(C)Oc2ccc(F)cc2)ccc1OC. The smallest absolute Gasteiger partial charge is 0.341 e. The molecule has 0 aliphatic rings. The molecule has 2 aromatic rings. The fourth-order valence-corrected chi connectivity index (χ4v) is 2.24. The van der Waals surface area contributed by atoms with Crippen molar-refractivity contribution in [2.75, 3.05) is 14.2 Å².